The van der Waals surface area contributed by atoms with Crippen molar-refractivity contribution in [1.82, 2.24) is 15.2 Å². The van der Waals surface area contributed by atoms with Gasteiger partial charge in [0.05, 0.1) is 19.0 Å². The number of hydrogen-bond acceptors (Lipinski definition) is 7. The van der Waals surface area contributed by atoms with E-state index in [0.717, 1.165) is 24.5 Å². The van der Waals surface area contributed by atoms with Crippen LogP contribution in [0.25, 0.3) is 0 Å². The summed E-state index contributed by atoms with van der Waals surface area (Å²) in [5.41, 5.74) is 2.92. The normalized spacial score (nSPS) is 10.3. The summed E-state index contributed by atoms with van der Waals surface area (Å²) in [4.78, 5) is 6.76. The van der Waals surface area contributed by atoms with E-state index in [1.165, 1.54) is 5.69 Å². The van der Waals surface area contributed by atoms with Crippen molar-refractivity contribution in [1.29, 1.82) is 0 Å². The van der Waals surface area contributed by atoms with Gasteiger partial charge in [0.15, 0.2) is 5.82 Å². The fourth-order valence-electron chi connectivity index (χ4n) is 2.78. The van der Waals surface area contributed by atoms with E-state index in [1.807, 2.05) is 36.4 Å². The number of nitrogens with zero attached hydrogens (tertiary/aromatic N) is 4. The van der Waals surface area contributed by atoms with E-state index in [1.54, 1.807) is 13.3 Å². The third-order valence-electron chi connectivity index (χ3n) is 4.18. The smallest absolute Gasteiger partial charge is 0.249 e. The topological polar surface area (TPSA) is 75.2 Å². The Bertz CT molecular complexity index is 864. The Kier molecular flexibility index (Phi) is 6.04. The lowest BCUT2D eigenvalue weighted by molar-refractivity contribution is 0.417. The van der Waals surface area contributed by atoms with Gasteiger partial charge in [-0.15, -0.1) is 5.10 Å². The van der Waals surface area contributed by atoms with Gasteiger partial charge in [0.1, 0.15) is 5.75 Å². The maximum atomic E-state index is 5.33. The molecular formula is C20H24N6O. The second-order valence-corrected chi connectivity index (χ2v) is 5.83. The van der Waals surface area contributed by atoms with Gasteiger partial charge in [-0.2, -0.15) is 10.1 Å². The molecule has 7 heteroatoms. The van der Waals surface area contributed by atoms with Crippen LogP contribution in [0, 0.1) is 0 Å². The van der Waals surface area contributed by atoms with Crippen LogP contribution in [0.1, 0.15) is 13.8 Å². The molecule has 1 aromatic heterocycles. The summed E-state index contributed by atoms with van der Waals surface area (Å²) in [5, 5.41) is 14.4. The zero-order valence-corrected chi connectivity index (χ0v) is 15.8. The van der Waals surface area contributed by atoms with Gasteiger partial charge >= 0.3 is 0 Å². The van der Waals surface area contributed by atoms with Crippen molar-refractivity contribution < 1.29 is 4.74 Å². The van der Waals surface area contributed by atoms with E-state index in [2.05, 4.69) is 56.7 Å². The lowest BCUT2D eigenvalue weighted by atomic mass is 10.2. The minimum Gasteiger partial charge on any atom is -0.495 e. The van der Waals surface area contributed by atoms with Crippen LogP contribution >= 0.6 is 0 Å². The van der Waals surface area contributed by atoms with Crippen LogP contribution in [0.15, 0.2) is 54.7 Å². The van der Waals surface area contributed by atoms with Gasteiger partial charge in [-0.3, -0.25) is 0 Å². The van der Waals surface area contributed by atoms with Gasteiger partial charge in [-0.05, 0) is 50.2 Å². The molecule has 0 radical (unpaired) electrons. The molecule has 0 spiro atoms. The van der Waals surface area contributed by atoms with Crippen LogP contribution < -0.4 is 20.3 Å². The van der Waals surface area contributed by atoms with Crippen molar-refractivity contribution in [3.8, 4) is 5.75 Å². The number of nitrogens with one attached hydrogen (secondary N) is 2. The summed E-state index contributed by atoms with van der Waals surface area (Å²) < 4.78 is 5.33. The maximum Gasteiger partial charge on any atom is 0.249 e. The molecule has 140 valence electrons. The van der Waals surface area contributed by atoms with E-state index < -0.39 is 0 Å². The highest BCUT2D eigenvalue weighted by atomic mass is 16.5. The summed E-state index contributed by atoms with van der Waals surface area (Å²) >= 11 is 0. The lowest BCUT2D eigenvalue weighted by Crippen LogP contribution is -2.21. The van der Waals surface area contributed by atoms with E-state index in [-0.39, 0.29) is 0 Å². The first-order valence-corrected chi connectivity index (χ1v) is 8.95. The summed E-state index contributed by atoms with van der Waals surface area (Å²) in [7, 11) is 1.62. The molecular weight excluding hydrogens is 340 g/mol. The molecule has 0 saturated heterocycles. The Morgan fingerprint density at radius 1 is 0.963 bits per heavy atom. The van der Waals surface area contributed by atoms with Crippen LogP contribution in [0.2, 0.25) is 0 Å². The second kappa shape index (κ2) is 8.84. The van der Waals surface area contributed by atoms with E-state index in [4.69, 9.17) is 4.74 Å². The fourth-order valence-corrected chi connectivity index (χ4v) is 2.78. The Labute approximate surface area is 159 Å². The highest BCUT2D eigenvalue weighted by Gasteiger charge is 2.06. The van der Waals surface area contributed by atoms with Crippen LogP contribution in [-0.4, -0.2) is 35.4 Å². The molecule has 0 amide bonds. The molecule has 7 nitrogen and oxygen atoms in total. The number of aromatic nitrogens is 3. The first-order valence-electron chi connectivity index (χ1n) is 8.95. The van der Waals surface area contributed by atoms with Crippen LogP contribution in [0.5, 0.6) is 5.75 Å². The predicted molar refractivity (Wildman–Crippen MR) is 109 cm³/mol. The molecule has 0 saturated carbocycles. The first kappa shape index (κ1) is 18.4. The molecule has 1 heterocycles. The summed E-state index contributed by atoms with van der Waals surface area (Å²) in [5.74, 6) is 1.72. The van der Waals surface area contributed by atoms with Crippen LogP contribution in [-0.2, 0) is 0 Å². The number of anilines is 5. The number of rotatable bonds is 8. The molecule has 0 aliphatic rings. The third kappa shape index (κ3) is 4.63. The Morgan fingerprint density at radius 3 is 2.41 bits per heavy atom. The molecule has 3 rings (SSSR count). The Balaban J connectivity index is 1.72. The minimum absolute atomic E-state index is 0.393. The quantitative estimate of drug-likeness (QED) is 0.620. The van der Waals surface area contributed by atoms with Crippen molar-refractivity contribution in [3.05, 3.63) is 54.7 Å². The number of ether oxygens (including phenoxy) is 1. The van der Waals surface area contributed by atoms with Gasteiger partial charge < -0.3 is 20.3 Å². The number of benzene rings is 2. The summed E-state index contributed by atoms with van der Waals surface area (Å²) in [6.07, 6.45) is 1.59. The van der Waals surface area contributed by atoms with Gasteiger partial charge in [0.2, 0.25) is 5.95 Å². The Morgan fingerprint density at radius 2 is 1.70 bits per heavy atom. The SMILES string of the molecule is CCN(CC)c1ccc(Nc2cnnc(Nc3ccccc3OC)n2)cc1. The number of para-hydroxylation sites is 2. The van der Waals surface area contributed by atoms with Crippen LogP contribution in [0.4, 0.5) is 28.8 Å². The molecule has 27 heavy (non-hydrogen) atoms. The summed E-state index contributed by atoms with van der Waals surface area (Å²) in [6, 6.07) is 15.8. The lowest BCUT2D eigenvalue weighted by Gasteiger charge is -2.21. The van der Waals surface area contributed by atoms with Crippen molar-refractivity contribution >= 4 is 28.8 Å². The van der Waals surface area contributed by atoms with Crippen molar-refractivity contribution in [2.75, 3.05) is 35.7 Å². The average Bonchev–Trinajstić information content (AvgIpc) is 2.71. The molecule has 2 aromatic carbocycles. The highest BCUT2D eigenvalue weighted by Crippen LogP contribution is 2.26. The third-order valence-corrected chi connectivity index (χ3v) is 4.18. The molecule has 0 fully saturated rings. The monoisotopic (exact) mass is 364 g/mol. The molecule has 0 aliphatic carbocycles. The van der Waals surface area contributed by atoms with E-state index in [9.17, 15) is 0 Å². The van der Waals surface area contributed by atoms with Crippen molar-refractivity contribution in [2.45, 2.75) is 13.8 Å². The van der Waals surface area contributed by atoms with Gasteiger partial charge in [-0.1, -0.05) is 12.1 Å². The van der Waals surface area contributed by atoms with Crippen molar-refractivity contribution in [3.63, 3.8) is 0 Å². The first-order chi connectivity index (χ1) is 13.2. The van der Waals surface area contributed by atoms with E-state index in [0.29, 0.717) is 17.5 Å². The standard InChI is InChI=1S/C20H24N6O/c1-4-26(5-2)16-12-10-15(11-13-16)22-19-14-21-25-20(24-19)23-17-8-6-7-9-18(17)27-3/h6-14H,4-5H2,1-3H3,(H2,22,23,24,25). The summed E-state index contributed by atoms with van der Waals surface area (Å²) in [6.45, 7) is 6.27. The Hall–Kier alpha value is -3.35. The fraction of sp³-hybridized carbons (Fsp3) is 0.250. The highest BCUT2D eigenvalue weighted by molar-refractivity contribution is 5.64. The second-order valence-electron chi connectivity index (χ2n) is 5.83. The molecule has 0 bridgehead atoms. The van der Waals surface area contributed by atoms with Gasteiger partial charge in [0, 0.05) is 24.5 Å². The van der Waals surface area contributed by atoms with E-state index >= 15 is 0 Å². The molecule has 3 aromatic rings. The number of hydrogen-bond donors (Lipinski definition) is 2. The largest absolute Gasteiger partial charge is 0.495 e. The number of methoxy groups -OCH3 is 1. The molecule has 0 aliphatic heterocycles. The minimum atomic E-state index is 0.393. The average molecular weight is 364 g/mol. The molecule has 0 unspecified atom stereocenters. The van der Waals surface area contributed by atoms with Gasteiger partial charge in [-0.25, -0.2) is 0 Å². The van der Waals surface area contributed by atoms with Gasteiger partial charge in [0.25, 0.3) is 0 Å². The molecule has 0 atom stereocenters. The zero-order chi connectivity index (χ0) is 19.1. The van der Waals surface area contributed by atoms with Crippen LogP contribution in [0.3, 0.4) is 0 Å². The molecule has 2 N–H and O–H groups in total. The van der Waals surface area contributed by atoms with Crippen molar-refractivity contribution in [2.24, 2.45) is 0 Å². The maximum absolute atomic E-state index is 5.33. The predicted octanol–water partition coefficient (Wildman–Crippen LogP) is 4.21. The zero-order valence-electron chi connectivity index (χ0n) is 15.8.